The Kier molecular flexibility index (Phi) is 3.21. The standard InChI is InChI=1S/C22H19NO5/c24-19-9-18-15-8-11-7-13(28-12-1-2-12)3-4-14(11)20(15)21-17(5-6-27-21)23(18)10-16(19)22(25)26/h3-4,7,9-10,12,17,21H,1-2,5-6,8H2,(H,25,26)/t17-,21+/m1/s1. The number of benzene rings is 1. The fourth-order valence-electron chi connectivity index (χ4n) is 4.80. The van der Waals surface area contributed by atoms with Crippen molar-refractivity contribution >= 4 is 17.1 Å². The summed E-state index contributed by atoms with van der Waals surface area (Å²) in [6.07, 6.45) is 5.47. The predicted octanol–water partition coefficient (Wildman–Crippen LogP) is 2.90. The van der Waals surface area contributed by atoms with Crippen LogP contribution in [0.2, 0.25) is 0 Å². The lowest BCUT2D eigenvalue weighted by Crippen LogP contribution is -2.31. The summed E-state index contributed by atoms with van der Waals surface area (Å²) in [4.78, 5) is 23.9. The molecular weight excluding hydrogens is 358 g/mol. The quantitative estimate of drug-likeness (QED) is 0.890. The van der Waals surface area contributed by atoms with Crippen molar-refractivity contribution in [1.82, 2.24) is 4.57 Å². The van der Waals surface area contributed by atoms with Crippen molar-refractivity contribution in [2.45, 2.75) is 43.9 Å². The van der Waals surface area contributed by atoms with Gasteiger partial charge in [-0.15, -0.1) is 0 Å². The Morgan fingerprint density at radius 3 is 2.86 bits per heavy atom. The zero-order valence-electron chi connectivity index (χ0n) is 15.2. The lowest BCUT2D eigenvalue weighted by Gasteiger charge is -2.32. The summed E-state index contributed by atoms with van der Waals surface area (Å²) in [7, 11) is 0. The van der Waals surface area contributed by atoms with Gasteiger partial charge >= 0.3 is 5.97 Å². The van der Waals surface area contributed by atoms with E-state index in [9.17, 15) is 14.7 Å². The summed E-state index contributed by atoms with van der Waals surface area (Å²) in [6, 6.07) is 7.73. The highest BCUT2D eigenvalue weighted by Crippen LogP contribution is 2.50. The number of rotatable bonds is 3. The van der Waals surface area contributed by atoms with Gasteiger partial charge in [-0.05, 0) is 53.7 Å². The summed E-state index contributed by atoms with van der Waals surface area (Å²) < 4.78 is 14.0. The molecule has 2 aliphatic carbocycles. The Labute approximate surface area is 161 Å². The number of aromatic carboxylic acids is 1. The maximum absolute atomic E-state index is 12.4. The molecule has 1 aromatic heterocycles. The highest BCUT2D eigenvalue weighted by molar-refractivity contribution is 6.00. The Bertz CT molecular complexity index is 1120. The van der Waals surface area contributed by atoms with Gasteiger partial charge in [-0.3, -0.25) is 4.79 Å². The van der Waals surface area contributed by atoms with Crippen molar-refractivity contribution < 1.29 is 19.4 Å². The van der Waals surface area contributed by atoms with Crippen LogP contribution in [0.25, 0.3) is 11.1 Å². The first-order valence-corrected chi connectivity index (χ1v) is 9.74. The molecule has 1 aromatic carbocycles. The largest absolute Gasteiger partial charge is 0.490 e. The number of carboxylic acid groups (broad SMARTS) is 1. The number of hydrogen-bond acceptors (Lipinski definition) is 4. The average Bonchev–Trinajstić information content (AvgIpc) is 3.20. The molecule has 2 fully saturated rings. The minimum Gasteiger partial charge on any atom is -0.490 e. The molecule has 2 aliphatic heterocycles. The van der Waals surface area contributed by atoms with Crippen LogP contribution >= 0.6 is 0 Å². The second-order valence-electron chi connectivity index (χ2n) is 8.00. The van der Waals surface area contributed by atoms with Crippen LogP contribution in [0.4, 0.5) is 0 Å². The van der Waals surface area contributed by atoms with Gasteiger partial charge in [0.25, 0.3) is 0 Å². The maximum atomic E-state index is 12.4. The van der Waals surface area contributed by atoms with Crippen LogP contribution in [-0.4, -0.2) is 34.5 Å². The monoisotopic (exact) mass is 377 g/mol. The van der Waals surface area contributed by atoms with Crippen molar-refractivity contribution in [2.75, 3.05) is 6.61 Å². The van der Waals surface area contributed by atoms with Gasteiger partial charge < -0.3 is 19.1 Å². The van der Waals surface area contributed by atoms with E-state index in [0.717, 1.165) is 47.4 Å². The molecule has 1 saturated heterocycles. The molecule has 6 rings (SSSR count). The number of nitrogens with zero attached hydrogens (tertiary/aromatic N) is 1. The van der Waals surface area contributed by atoms with Crippen LogP contribution in [-0.2, 0) is 11.2 Å². The molecule has 4 aliphatic rings. The molecule has 0 amide bonds. The summed E-state index contributed by atoms with van der Waals surface area (Å²) in [5.74, 6) is -0.296. The van der Waals surface area contributed by atoms with Crippen LogP contribution in [0, 0.1) is 0 Å². The van der Waals surface area contributed by atoms with E-state index in [1.165, 1.54) is 17.8 Å². The van der Waals surface area contributed by atoms with E-state index in [2.05, 4.69) is 12.1 Å². The molecule has 6 heteroatoms. The molecule has 0 radical (unpaired) electrons. The van der Waals surface area contributed by atoms with Gasteiger partial charge in [0.15, 0.2) is 5.43 Å². The average molecular weight is 377 g/mol. The maximum Gasteiger partial charge on any atom is 0.341 e. The Morgan fingerprint density at radius 1 is 1.21 bits per heavy atom. The van der Waals surface area contributed by atoms with Crippen molar-refractivity contribution in [1.29, 1.82) is 0 Å². The minimum atomic E-state index is -1.19. The molecule has 0 bridgehead atoms. The van der Waals surface area contributed by atoms with E-state index in [4.69, 9.17) is 9.47 Å². The van der Waals surface area contributed by atoms with E-state index < -0.39 is 11.4 Å². The SMILES string of the molecule is O=C(O)c1cn2c(cc1=O)C1=C(c3ccc(OC4CC4)cc3C1)[C@H]1OCC[C@H]12. The van der Waals surface area contributed by atoms with Gasteiger partial charge in [-0.1, -0.05) is 6.07 Å². The topological polar surface area (TPSA) is 77.8 Å². The Balaban J connectivity index is 1.50. The predicted molar refractivity (Wildman–Crippen MR) is 102 cm³/mol. The van der Waals surface area contributed by atoms with Crippen molar-refractivity contribution in [3.05, 3.63) is 63.1 Å². The van der Waals surface area contributed by atoms with Crippen LogP contribution in [0.1, 0.15) is 52.5 Å². The molecular formula is C22H19NO5. The van der Waals surface area contributed by atoms with Crippen LogP contribution in [0.3, 0.4) is 0 Å². The van der Waals surface area contributed by atoms with Gasteiger partial charge in [0.1, 0.15) is 17.4 Å². The Morgan fingerprint density at radius 2 is 2.07 bits per heavy atom. The van der Waals surface area contributed by atoms with Crippen LogP contribution in [0.5, 0.6) is 5.75 Å². The van der Waals surface area contributed by atoms with E-state index in [0.29, 0.717) is 19.1 Å². The fraction of sp³-hybridized carbons (Fsp3) is 0.364. The lowest BCUT2D eigenvalue weighted by molar-refractivity contribution is 0.0693. The van der Waals surface area contributed by atoms with Gasteiger partial charge in [0.2, 0.25) is 0 Å². The van der Waals surface area contributed by atoms with E-state index >= 15 is 0 Å². The molecule has 1 N–H and O–H groups in total. The molecule has 0 unspecified atom stereocenters. The first kappa shape index (κ1) is 16.1. The van der Waals surface area contributed by atoms with E-state index in [1.54, 1.807) is 0 Å². The molecule has 3 heterocycles. The third kappa shape index (κ3) is 2.24. The summed E-state index contributed by atoms with van der Waals surface area (Å²) in [5.41, 5.74) is 4.74. The van der Waals surface area contributed by atoms with Gasteiger partial charge in [0, 0.05) is 31.0 Å². The third-order valence-corrected chi connectivity index (χ3v) is 6.21. The molecule has 142 valence electrons. The first-order chi connectivity index (χ1) is 13.6. The van der Waals surface area contributed by atoms with Crippen LogP contribution < -0.4 is 10.2 Å². The number of allylic oxidation sites excluding steroid dienone is 1. The molecule has 2 atom stereocenters. The number of ether oxygens (including phenoxy) is 2. The van der Waals surface area contributed by atoms with Crippen molar-refractivity contribution in [3.8, 4) is 5.75 Å². The molecule has 28 heavy (non-hydrogen) atoms. The Hall–Kier alpha value is -2.86. The highest BCUT2D eigenvalue weighted by Gasteiger charge is 2.43. The minimum absolute atomic E-state index is 0.0146. The van der Waals surface area contributed by atoms with Gasteiger partial charge in [-0.25, -0.2) is 4.79 Å². The summed E-state index contributed by atoms with van der Waals surface area (Å²) >= 11 is 0. The molecule has 2 aromatic rings. The summed E-state index contributed by atoms with van der Waals surface area (Å²) in [6.45, 7) is 0.623. The lowest BCUT2D eigenvalue weighted by atomic mass is 9.89. The van der Waals surface area contributed by atoms with Crippen LogP contribution in [0.15, 0.2) is 35.3 Å². The zero-order chi connectivity index (χ0) is 19.0. The second kappa shape index (κ2) is 5.58. The number of carbonyl (C=O) groups is 1. The third-order valence-electron chi connectivity index (χ3n) is 6.21. The number of carboxylic acids is 1. The van der Waals surface area contributed by atoms with Crippen molar-refractivity contribution in [3.63, 3.8) is 0 Å². The zero-order valence-corrected chi connectivity index (χ0v) is 15.2. The van der Waals surface area contributed by atoms with Gasteiger partial charge in [-0.2, -0.15) is 0 Å². The van der Waals surface area contributed by atoms with Gasteiger partial charge in [0.05, 0.1) is 12.1 Å². The molecule has 0 spiro atoms. The molecule has 6 nitrogen and oxygen atoms in total. The number of hydrogen-bond donors (Lipinski definition) is 1. The molecule has 1 saturated carbocycles. The second-order valence-corrected chi connectivity index (χ2v) is 8.00. The smallest absolute Gasteiger partial charge is 0.341 e. The number of pyridine rings is 1. The fourth-order valence-corrected chi connectivity index (χ4v) is 4.80. The van der Waals surface area contributed by atoms with E-state index in [1.807, 2.05) is 10.6 Å². The number of fused-ring (bicyclic) bond motifs is 7. The van der Waals surface area contributed by atoms with E-state index in [-0.39, 0.29) is 17.7 Å². The first-order valence-electron chi connectivity index (χ1n) is 9.74. The highest BCUT2D eigenvalue weighted by atomic mass is 16.5. The number of aromatic nitrogens is 1. The normalized spacial score (nSPS) is 24.4. The summed E-state index contributed by atoms with van der Waals surface area (Å²) in [5, 5.41) is 9.37. The van der Waals surface area contributed by atoms with Crippen molar-refractivity contribution in [2.24, 2.45) is 0 Å².